The molecule has 1 heterocycles. The fraction of sp³-hybridized carbons (Fsp3) is 0.667. The second-order valence-corrected chi connectivity index (χ2v) is 6.10. The zero-order chi connectivity index (χ0) is 13.5. The summed E-state index contributed by atoms with van der Waals surface area (Å²) in [5.41, 5.74) is 1.39. The van der Waals surface area contributed by atoms with Crippen LogP contribution in [0.3, 0.4) is 0 Å². The molecule has 1 aromatic rings. The lowest BCUT2D eigenvalue weighted by Crippen LogP contribution is -2.12. The van der Waals surface area contributed by atoms with E-state index in [0.29, 0.717) is 0 Å². The molecule has 0 amide bonds. The second kappa shape index (κ2) is 7.57. The molecule has 0 fully saturated rings. The van der Waals surface area contributed by atoms with Gasteiger partial charge in [0.25, 0.3) is 0 Å². The Morgan fingerprint density at radius 3 is 2.78 bits per heavy atom. The van der Waals surface area contributed by atoms with Gasteiger partial charge in [0.1, 0.15) is 0 Å². The zero-order valence-corrected chi connectivity index (χ0v) is 12.7. The first kappa shape index (κ1) is 15.2. The summed E-state index contributed by atoms with van der Waals surface area (Å²) in [5.74, 6) is -0.186. The van der Waals surface area contributed by atoms with Crippen molar-refractivity contribution < 1.29 is 9.53 Å². The number of unbranched alkanes of at least 4 members (excludes halogenated alkanes) is 1. The van der Waals surface area contributed by atoms with E-state index >= 15 is 0 Å². The van der Waals surface area contributed by atoms with Crippen LogP contribution in [0.2, 0.25) is 0 Å². The molecule has 0 N–H and O–H groups in total. The first-order valence-electron chi connectivity index (χ1n) is 6.78. The van der Waals surface area contributed by atoms with Gasteiger partial charge in [-0.25, -0.2) is 0 Å². The smallest absolute Gasteiger partial charge is 0.302 e. The summed E-state index contributed by atoms with van der Waals surface area (Å²) in [6.45, 7) is 7.83. The number of esters is 1. The number of carbonyl (C=O) groups excluding carboxylic acids is 1. The summed E-state index contributed by atoms with van der Waals surface area (Å²) >= 11 is 1.92. The normalized spacial score (nSPS) is 12.4. The summed E-state index contributed by atoms with van der Waals surface area (Å²) in [7, 11) is 0. The molecule has 0 saturated carbocycles. The molecule has 2 nitrogen and oxygen atoms in total. The Labute approximate surface area is 114 Å². The number of hydrogen-bond acceptors (Lipinski definition) is 3. The molecule has 18 heavy (non-hydrogen) atoms. The minimum atomic E-state index is -0.186. The largest absolute Gasteiger partial charge is 0.463 e. The predicted molar refractivity (Wildman–Crippen MR) is 77.2 cm³/mol. The van der Waals surface area contributed by atoms with Crippen molar-refractivity contribution in [1.82, 2.24) is 0 Å². The van der Waals surface area contributed by atoms with Crippen LogP contribution < -0.4 is 0 Å². The summed E-state index contributed by atoms with van der Waals surface area (Å²) in [4.78, 5) is 13.8. The highest BCUT2D eigenvalue weighted by atomic mass is 32.1. The fourth-order valence-electron chi connectivity index (χ4n) is 1.99. The van der Waals surface area contributed by atoms with Gasteiger partial charge in [0, 0.05) is 16.7 Å². The molecule has 0 bridgehead atoms. The molecule has 0 radical (unpaired) electrons. The van der Waals surface area contributed by atoms with Crippen molar-refractivity contribution in [2.45, 2.75) is 65.9 Å². The van der Waals surface area contributed by atoms with Gasteiger partial charge >= 0.3 is 5.97 Å². The molecule has 0 aliphatic carbocycles. The monoisotopic (exact) mass is 268 g/mol. The van der Waals surface area contributed by atoms with Crippen LogP contribution >= 0.6 is 11.3 Å². The predicted octanol–water partition coefficient (Wildman–Crippen LogP) is 4.28. The molecule has 1 atom stereocenters. The van der Waals surface area contributed by atoms with Crippen molar-refractivity contribution in [3.63, 3.8) is 0 Å². The van der Waals surface area contributed by atoms with Gasteiger partial charge in [-0.1, -0.05) is 13.3 Å². The van der Waals surface area contributed by atoms with Crippen molar-refractivity contribution in [1.29, 1.82) is 0 Å². The van der Waals surface area contributed by atoms with E-state index in [1.165, 1.54) is 41.5 Å². The summed E-state index contributed by atoms with van der Waals surface area (Å²) in [6, 6.07) is 2.31. The Morgan fingerprint density at radius 1 is 1.44 bits per heavy atom. The fourth-order valence-corrected chi connectivity index (χ4v) is 3.23. The minimum absolute atomic E-state index is 0.0168. The SMILES string of the molecule is CCCCc1cc(C)c(CCC(C)OC(C)=O)s1. The maximum Gasteiger partial charge on any atom is 0.302 e. The van der Waals surface area contributed by atoms with Crippen LogP contribution in [0, 0.1) is 6.92 Å². The molecule has 0 aromatic carbocycles. The molecule has 1 aromatic heterocycles. The Bertz CT molecular complexity index is 382. The lowest BCUT2D eigenvalue weighted by molar-refractivity contribution is -0.145. The first-order valence-corrected chi connectivity index (χ1v) is 7.60. The maximum atomic E-state index is 10.8. The molecule has 1 rings (SSSR count). The number of rotatable bonds is 7. The maximum absolute atomic E-state index is 10.8. The van der Waals surface area contributed by atoms with E-state index in [4.69, 9.17) is 4.74 Å². The van der Waals surface area contributed by atoms with Crippen LogP contribution in [0.1, 0.15) is 55.4 Å². The number of hydrogen-bond donors (Lipinski definition) is 0. The van der Waals surface area contributed by atoms with Gasteiger partial charge < -0.3 is 4.74 Å². The number of aryl methyl sites for hydroxylation is 3. The third-order valence-corrected chi connectivity index (χ3v) is 4.35. The van der Waals surface area contributed by atoms with Crippen molar-refractivity contribution in [3.05, 3.63) is 21.4 Å². The molecular weight excluding hydrogens is 244 g/mol. The molecular formula is C15H24O2S. The number of ether oxygens (including phenoxy) is 1. The van der Waals surface area contributed by atoms with Crippen LogP contribution in [-0.4, -0.2) is 12.1 Å². The average molecular weight is 268 g/mol. The average Bonchev–Trinajstić information content (AvgIpc) is 2.64. The van der Waals surface area contributed by atoms with Gasteiger partial charge in [0.05, 0.1) is 6.10 Å². The highest BCUT2D eigenvalue weighted by molar-refractivity contribution is 7.12. The van der Waals surface area contributed by atoms with Crippen LogP contribution in [-0.2, 0) is 22.4 Å². The molecule has 0 saturated heterocycles. The van der Waals surface area contributed by atoms with E-state index in [-0.39, 0.29) is 12.1 Å². The first-order chi connectivity index (χ1) is 8.52. The molecule has 0 spiro atoms. The highest BCUT2D eigenvalue weighted by Gasteiger charge is 2.09. The van der Waals surface area contributed by atoms with Crippen LogP contribution in [0.25, 0.3) is 0 Å². The quantitative estimate of drug-likeness (QED) is 0.690. The molecule has 1 unspecified atom stereocenters. The van der Waals surface area contributed by atoms with E-state index in [9.17, 15) is 4.79 Å². The summed E-state index contributed by atoms with van der Waals surface area (Å²) in [5, 5.41) is 0. The molecule has 102 valence electrons. The standard InChI is InChI=1S/C15H24O2S/c1-5-6-7-14-10-11(2)15(18-14)9-8-12(3)17-13(4)16/h10,12H,5-9H2,1-4H3. The van der Waals surface area contributed by atoms with Gasteiger partial charge in [-0.15, -0.1) is 11.3 Å². The van der Waals surface area contributed by atoms with Crippen LogP contribution in [0.4, 0.5) is 0 Å². The summed E-state index contributed by atoms with van der Waals surface area (Å²) in [6.07, 6.45) is 5.65. The summed E-state index contributed by atoms with van der Waals surface area (Å²) < 4.78 is 5.15. The minimum Gasteiger partial charge on any atom is -0.463 e. The van der Waals surface area contributed by atoms with E-state index in [1.54, 1.807) is 0 Å². The van der Waals surface area contributed by atoms with Gasteiger partial charge in [0.2, 0.25) is 0 Å². The lowest BCUT2D eigenvalue weighted by Gasteiger charge is -2.10. The van der Waals surface area contributed by atoms with Crippen LogP contribution in [0.15, 0.2) is 6.07 Å². The van der Waals surface area contributed by atoms with E-state index in [2.05, 4.69) is 19.9 Å². The lowest BCUT2D eigenvalue weighted by atomic mass is 10.1. The van der Waals surface area contributed by atoms with Crippen molar-refractivity contribution >= 4 is 17.3 Å². The Morgan fingerprint density at radius 2 is 2.17 bits per heavy atom. The number of carbonyl (C=O) groups is 1. The third-order valence-electron chi connectivity index (χ3n) is 2.99. The Balaban J connectivity index is 2.46. The van der Waals surface area contributed by atoms with Crippen molar-refractivity contribution in [2.75, 3.05) is 0 Å². The topological polar surface area (TPSA) is 26.3 Å². The van der Waals surface area contributed by atoms with Crippen molar-refractivity contribution in [3.8, 4) is 0 Å². The van der Waals surface area contributed by atoms with E-state index in [1.807, 2.05) is 18.3 Å². The van der Waals surface area contributed by atoms with Gasteiger partial charge in [-0.3, -0.25) is 4.79 Å². The molecule has 0 aliphatic heterocycles. The zero-order valence-electron chi connectivity index (χ0n) is 11.9. The molecule has 3 heteroatoms. The Kier molecular flexibility index (Phi) is 6.41. The molecule has 0 aliphatic rings. The highest BCUT2D eigenvalue weighted by Crippen LogP contribution is 2.25. The third kappa shape index (κ3) is 5.21. The van der Waals surface area contributed by atoms with Crippen LogP contribution in [0.5, 0.6) is 0 Å². The van der Waals surface area contributed by atoms with E-state index < -0.39 is 0 Å². The number of thiophene rings is 1. The second-order valence-electron chi connectivity index (χ2n) is 4.88. The Hall–Kier alpha value is -0.830. The van der Waals surface area contributed by atoms with E-state index in [0.717, 1.165) is 12.8 Å². The van der Waals surface area contributed by atoms with Gasteiger partial charge in [0.15, 0.2) is 0 Å². The van der Waals surface area contributed by atoms with Gasteiger partial charge in [-0.05, 0) is 51.2 Å². The van der Waals surface area contributed by atoms with Gasteiger partial charge in [-0.2, -0.15) is 0 Å². The van der Waals surface area contributed by atoms with Crippen molar-refractivity contribution in [2.24, 2.45) is 0 Å².